The first-order chi connectivity index (χ1) is 17.4. The lowest BCUT2D eigenvalue weighted by Gasteiger charge is -2.34. The molecule has 1 saturated heterocycles. The summed E-state index contributed by atoms with van der Waals surface area (Å²) in [5.74, 6) is 0.787. The summed E-state index contributed by atoms with van der Waals surface area (Å²) in [6, 6.07) is 13.1. The van der Waals surface area contributed by atoms with Gasteiger partial charge in [0.05, 0.1) is 10.9 Å². The molecule has 2 heterocycles. The Morgan fingerprint density at radius 1 is 1.11 bits per heavy atom. The molecule has 0 bridgehead atoms. The minimum Gasteiger partial charge on any atom is -0.352 e. The molecule has 1 aliphatic heterocycles. The van der Waals surface area contributed by atoms with Crippen LogP contribution in [0.15, 0.2) is 53.3 Å². The summed E-state index contributed by atoms with van der Waals surface area (Å²) >= 11 is 6.23. The molecule has 36 heavy (non-hydrogen) atoms. The summed E-state index contributed by atoms with van der Waals surface area (Å²) in [7, 11) is 0. The molecule has 1 atom stereocenters. The fourth-order valence-electron chi connectivity index (χ4n) is 5.26. The summed E-state index contributed by atoms with van der Waals surface area (Å²) in [5.41, 5.74) is 3.43. The Morgan fingerprint density at radius 2 is 1.89 bits per heavy atom. The molecule has 2 aromatic carbocycles. The lowest BCUT2D eigenvalue weighted by molar-refractivity contribution is -0.122. The Hall–Kier alpha value is -2.96. The summed E-state index contributed by atoms with van der Waals surface area (Å²) < 4.78 is 1.46. The molecule has 1 unspecified atom stereocenters. The van der Waals surface area contributed by atoms with Crippen molar-refractivity contribution in [3.63, 3.8) is 0 Å². The first-order valence-corrected chi connectivity index (χ1v) is 13.3. The molecule has 1 fully saturated rings. The van der Waals surface area contributed by atoms with Crippen molar-refractivity contribution in [2.24, 2.45) is 5.92 Å². The first-order valence-electron chi connectivity index (χ1n) is 12.9. The van der Waals surface area contributed by atoms with Crippen LogP contribution in [0.2, 0.25) is 5.02 Å². The van der Waals surface area contributed by atoms with Gasteiger partial charge in [0, 0.05) is 23.2 Å². The Balaban J connectivity index is 1.49. The van der Waals surface area contributed by atoms with Gasteiger partial charge >= 0.3 is 0 Å². The molecule has 188 valence electrons. The minimum absolute atomic E-state index is 0.0220. The van der Waals surface area contributed by atoms with E-state index in [4.69, 9.17) is 16.6 Å². The molecule has 1 aromatic heterocycles. The molecular weight excluding hydrogens is 472 g/mol. The van der Waals surface area contributed by atoms with Crippen LogP contribution in [0.1, 0.15) is 45.1 Å². The smallest absolute Gasteiger partial charge is 0.262 e. The van der Waals surface area contributed by atoms with E-state index in [0.717, 1.165) is 18.5 Å². The molecule has 2 aliphatic rings. The highest BCUT2D eigenvalue weighted by Crippen LogP contribution is 2.36. The quantitative estimate of drug-likeness (QED) is 0.484. The number of hydrogen-bond acceptors (Lipinski definition) is 4. The van der Waals surface area contributed by atoms with Crippen molar-refractivity contribution in [2.45, 2.75) is 52.1 Å². The number of nitrogens with zero attached hydrogens (tertiary/aromatic N) is 3. The van der Waals surface area contributed by atoms with E-state index in [-0.39, 0.29) is 24.1 Å². The highest BCUT2D eigenvalue weighted by molar-refractivity contribution is 6.30. The summed E-state index contributed by atoms with van der Waals surface area (Å²) in [6.07, 6.45) is 7.33. The van der Waals surface area contributed by atoms with E-state index >= 15 is 0 Å². The van der Waals surface area contributed by atoms with Crippen molar-refractivity contribution >= 4 is 34.0 Å². The number of hydrogen-bond donors (Lipinski definition) is 1. The van der Waals surface area contributed by atoms with Crippen molar-refractivity contribution < 1.29 is 4.79 Å². The highest BCUT2D eigenvalue weighted by atomic mass is 35.5. The number of nitrogens with one attached hydrogen (secondary N) is 1. The molecular formula is C29H33ClN4O2. The number of allylic oxidation sites excluding steroid dienone is 1. The molecule has 1 aliphatic carbocycles. The second-order valence-electron chi connectivity index (χ2n) is 10.3. The van der Waals surface area contributed by atoms with E-state index in [0.29, 0.717) is 33.2 Å². The molecule has 0 radical (unpaired) electrons. The zero-order valence-electron chi connectivity index (χ0n) is 21.0. The number of carbonyl (C=O) groups excluding carboxylic acids is 1. The zero-order chi connectivity index (χ0) is 25.2. The van der Waals surface area contributed by atoms with Crippen LogP contribution in [0.5, 0.6) is 0 Å². The average Bonchev–Trinajstić information content (AvgIpc) is 2.83. The molecule has 0 spiro atoms. The second-order valence-corrected chi connectivity index (χ2v) is 10.7. The highest BCUT2D eigenvalue weighted by Gasteiger charge is 2.24. The fraction of sp³-hybridized carbons (Fsp3) is 0.414. The number of amides is 1. The molecule has 5 rings (SSSR count). The van der Waals surface area contributed by atoms with Gasteiger partial charge in [0.2, 0.25) is 5.91 Å². The van der Waals surface area contributed by atoms with Gasteiger partial charge in [-0.1, -0.05) is 42.3 Å². The Labute approximate surface area is 217 Å². The lowest BCUT2D eigenvalue weighted by atomic mass is 9.81. The number of piperidine rings is 1. The van der Waals surface area contributed by atoms with E-state index in [1.165, 1.54) is 42.5 Å². The van der Waals surface area contributed by atoms with Crippen LogP contribution in [-0.4, -0.2) is 46.0 Å². The molecule has 3 aromatic rings. The monoisotopic (exact) mass is 504 g/mol. The van der Waals surface area contributed by atoms with Gasteiger partial charge in [-0.2, -0.15) is 0 Å². The van der Waals surface area contributed by atoms with Crippen LogP contribution in [0.4, 0.5) is 0 Å². The standard InChI is InChI=1S/C29H33ClN4O2/c1-19(2)31-27(35)18-34-28(22-7-6-8-24(30)15-22)32-26-10-9-21(16-25(26)29(34)36)23-13-20(14-23)17-33-11-4-3-5-12-33/h6-10,13,15-16,19-20H,3-5,11-12,14,17-18H2,1-2H3,(H,31,35). The number of likely N-dealkylation sites (tertiary alicyclic amines) is 1. The topological polar surface area (TPSA) is 67.2 Å². The summed E-state index contributed by atoms with van der Waals surface area (Å²) in [6.45, 7) is 7.23. The van der Waals surface area contributed by atoms with E-state index < -0.39 is 0 Å². The van der Waals surface area contributed by atoms with Crippen LogP contribution in [-0.2, 0) is 11.3 Å². The summed E-state index contributed by atoms with van der Waals surface area (Å²) in [5, 5.41) is 3.95. The van der Waals surface area contributed by atoms with Gasteiger partial charge in [-0.15, -0.1) is 0 Å². The zero-order valence-corrected chi connectivity index (χ0v) is 21.7. The molecule has 6 nitrogen and oxygen atoms in total. The van der Waals surface area contributed by atoms with Crippen molar-refractivity contribution in [1.29, 1.82) is 0 Å². The van der Waals surface area contributed by atoms with Gasteiger partial charge in [0.15, 0.2) is 0 Å². The van der Waals surface area contributed by atoms with E-state index in [2.05, 4.69) is 22.4 Å². The summed E-state index contributed by atoms with van der Waals surface area (Å²) in [4.78, 5) is 33.8. The van der Waals surface area contributed by atoms with Crippen LogP contribution in [0, 0.1) is 5.92 Å². The van der Waals surface area contributed by atoms with Gasteiger partial charge in [-0.3, -0.25) is 14.2 Å². The second kappa shape index (κ2) is 10.6. The normalized spacial score (nSPS) is 18.2. The molecule has 1 N–H and O–H groups in total. The van der Waals surface area contributed by atoms with Crippen molar-refractivity contribution in [3.05, 3.63) is 69.5 Å². The van der Waals surface area contributed by atoms with Gasteiger partial charge in [0.1, 0.15) is 12.4 Å². The van der Waals surface area contributed by atoms with E-state index in [9.17, 15) is 9.59 Å². The maximum Gasteiger partial charge on any atom is 0.262 e. The molecule has 0 saturated carbocycles. The molecule has 1 amide bonds. The SMILES string of the molecule is CC(C)NC(=O)Cn1c(-c2cccc(Cl)c2)nc2ccc(C3=CC(CN4CCCCC4)C3)cc2c1=O. The van der Waals surface area contributed by atoms with Crippen molar-refractivity contribution in [3.8, 4) is 11.4 Å². The van der Waals surface area contributed by atoms with Crippen LogP contribution in [0.3, 0.4) is 0 Å². The van der Waals surface area contributed by atoms with Gasteiger partial charge in [0.25, 0.3) is 5.56 Å². The van der Waals surface area contributed by atoms with Crippen molar-refractivity contribution in [2.75, 3.05) is 19.6 Å². The average molecular weight is 505 g/mol. The Morgan fingerprint density at radius 3 is 2.61 bits per heavy atom. The van der Waals surface area contributed by atoms with Crippen molar-refractivity contribution in [1.82, 2.24) is 19.8 Å². The van der Waals surface area contributed by atoms with Gasteiger partial charge in [-0.25, -0.2) is 4.98 Å². The van der Waals surface area contributed by atoms with Crippen LogP contribution >= 0.6 is 11.6 Å². The number of aromatic nitrogens is 2. The van der Waals surface area contributed by atoms with Gasteiger partial charge in [-0.05, 0) is 87.5 Å². The number of rotatable bonds is 7. The Kier molecular flexibility index (Phi) is 7.26. The predicted molar refractivity (Wildman–Crippen MR) is 146 cm³/mol. The third kappa shape index (κ3) is 5.40. The third-order valence-corrected chi connectivity index (χ3v) is 7.25. The fourth-order valence-corrected chi connectivity index (χ4v) is 5.46. The van der Waals surface area contributed by atoms with Crippen LogP contribution < -0.4 is 10.9 Å². The van der Waals surface area contributed by atoms with Crippen LogP contribution in [0.25, 0.3) is 27.9 Å². The van der Waals surface area contributed by atoms with E-state index in [1.54, 1.807) is 12.1 Å². The minimum atomic E-state index is -0.227. The molecule has 7 heteroatoms. The number of fused-ring (bicyclic) bond motifs is 1. The predicted octanol–water partition coefficient (Wildman–Crippen LogP) is 5.13. The number of benzene rings is 2. The van der Waals surface area contributed by atoms with E-state index in [1.807, 2.05) is 38.1 Å². The maximum absolute atomic E-state index is 13.7. The number of carbonyl (C=O) groups is 1. The number of halogens is 1. The van der Waals surface area contributed by atoms with Gasteiger partial charge < -0.3 is 10.2 Å². The third-order valence-electron chi connectivity index (χ3n) is 7.02. The Bertz CT molecular complexity index is 1370. The largest absolute Gasteiger partial charge is 0.352 e. The maximum atomic E-state index is 13.7. The lowest BCUT2D eigenvalue weighted by Crippen LogP contribution is -2.37. The first kappa shape index (κ1) is 24.7.